The van der Waals surface area contributed by atoms with Crippen LogP contribution in [0.2, 0.25) is 0 Å². The molecule has 0 saturated heterocycles. The molecule has 370 valence electrons. The van der Waals surface area contributed by atoms with Crippen LogP contribution < -0.4 is 9.80 Å². The molecule has 0 fully saturated rings. The van der Waals surface area contributed by atoms with Gasteiger partial charge in [0.25, 0.3) is 0 Å². The molecule has 13 aromatic carbocycles. The highest BCUT2D eigenvalue weighted by Gasteiger charge is 2.30. The Bertz CT molecular complexity index is 3790. The van der Waals surface area contributed by atoms with Crippen LogP contribution in [0.5, 0.6) is 0 Å². The second-order valence-electron chi connectivity index (χ2n) is 22.4. The van der Waals surface area contributed by atoms with Gasteiger partial charge >= 0.3 is 0 Å². The van der Waals surface area contributed by atoms with E-state index in [0.717, 1.165) is 22.7 Å². The van der Waals surface area contributed by atoms with Crippen LogP contribution >= 0.6 is 0 Å². The first-order chi connectivity index (χ1) is 37.0. The SMILES string of the molecule is CC(C)c1ccc(N(c2ccc(C(C)C)cc2)c2ccc3c4c(-c5ccccc5)c5c6cccc7c(N(c8ccc(C(C)C)cc8)c8ccc(C(C)C)cc8)ccc(c5c(-c5ccccc5)c4c4cccc2c43)c76)cc1. The summed E-state index contributed by atoms with van der Waals surface area (Å²) < 4.78 is 0. The average molecular weight is 981 g/mol. The highest BCUT2D eigenvalue weighted by Crippen LogP contribution is 2.58. The van der Waals surface area contributed by atoms with Crippen molar-refractivity contribution in [2.24, 2.45) is 0 Å². The Kier molecular flexibility index (Phi) is 11.6. The molecule has 0 aliphatic carbocycles. The first kappa shape index (κ1) is 47.3. The highest BCUT2D eigenvalue weighted by atomic mass is 15.1. The molecule has 76 heavy (non-hydrogen) atoms. The lowest BCUT2D eigenvalue weighted by atomic mass is 9.87. The topological polar surface area (TPSA) is 6.48 Å². The molecule has 0 spiro atoms. The fourth-order valence-electron chi connectivity index (χ4n) is 12.5. The summed E-state index contributed by atoms with van der Waals surface area (Å²) in [5.74, 6) is 1.77. The molecular weight excluding hydrogens is 917 g/mol. The van der Waals surface area contributed by atoms with Crippen LogP contribution in [-0.2, 0) is 0 Å². The summed E-state index contributed by atoms with van der Waals surface area (Å²) in [6, 6.07) is 83.1. The largest absolute Gasteiger partial charge is 0.310 e. The first-order valence-corrected chi connectivity index (χ1v) is 27.5. The lowest BCUT2D eigenvalue weighted by molar-refractivity contribution is 0.866. The molecule has 0 radical (unpaired) electrons. The van der Waals surface area contributed by atoms with Gasteiger partial charge in [-0.15, -0.1) is 0 Å². The molecule has 0 unspecified atom stereocenters. The van der Waals surface area contributed by atoms with Gasteiger partial charge in [-0.1, -0.05) is 213 Å². The summed E-state index contributed by atoms with van der Waals surface area (Å²) in [5, 5.41) is 15.4. The fourth-order valence-corrected chi connectivity index (χ4v) is 12.5. The third-order valence-electron chi connectivity index (χ3n) is 16.5. The number of benzene rings is 11. The van der Waals surface area contributed by atoms with Crippen molar-refractivity contribution in [3.05, 3.63) is 241 Å². The quantitative estimate of drug-likeness (QED) is 0.120. The second-order valence-corrected chi connectivity index (χ2v) is 22.4. The van der Waals surface area contributed by atoms with Gasteiger partial charge in [0.05, 0.1) is 11.4 Å². The minimum absolute atomic E-state index is 0.443. The van der Waals surface area contributed by atoms with Gasteiger partial charge in [-0.05, 0) is 183 Å². The average Bonchev–Trinajstić information content (AvgIpc) is 4.19. The summed E-state index contributed by atoms with van der Waals surface area (Å²) >= 11 is 0. The third-order valence-corrected chi connectivity index (χ3v) is 16.5. The van der Waals surface area contributed by atoms with E-state index in [-0.39, 0.29) is 0 Å². The molecule has 0 aromatic heterocycles. The number of hydrogen-bond acceptors (Lipinski definition) is 2. The Morgan fingerprint density at radius 2 is 0.487 bits per heavy atom. The predicted octanol–water partition coefficient (Wildman–Crippen LogP) is 22.2. The van der Waals surface area contributed by atoms with E-state index in [9.17, 15) is 0 Å². The maximum Gasteiger partial charge on any atom is 0.0540 e. The maximum absolute atomic E-state index is 2.48. The van der Waals surface area contributed by atoms with Gasteiger partial charge in [0.15, 0.2) is 0 Å². The van der Waals surface area contributed by atoms with Gasteiger partial charge in [-0.3, -0.25) is 0 Å². The number of fused-ring (bicyclic) bond motifs is 6. The summed E-state index contributed by atoms with van der Waals surface area (Å²) in [6.07, 6.45) is 0. The zero-order valence-corrected chi connectivity index (χ0v) is 45.0. The van der Waals surface area contributed by atoms with Crippen molar-refractivity contribution >= 4 is 98.8 Å². The van der Waals surface area contributed by atoms with Crippen molar-refractivity contribution in [3.8, 4) is 22.3 Å². The molecule has 0 saturated carbocycles. The van der Waals surface area contributed by atoms with Crippen molar-refractivity contribution in [2.45, 2.75) is 79.1 Å². The molecule has 2 nitrogen and oxygen atoms in total. The Morgan fingerprint density at radius 1 is 0.224 bits per heavy atom. The molecule has 0 heterocycles. The summed E-state index contributed by atoms with van der Waals surface area (Å²) in [6.45, 7) is 18.2. The van der Waals surface area contributed by atoms with E-state index in [1.165, 1.54) is 121 Å². The molecule has 0 N–H and O–H groups in total. The van der Waals surface area contributed by atoms with E-state index < -0.39 is 0 Å². The molecule has 0 atom stereocenters. The van der Waals surface area contributed by atoms with Gasteiger partial charge in [-0.25, -0.2) is 0 Å². The molecule has 0 bridgehead atoms. The van der Waals surface area contributed by atoms with Gasteiger partial charge in [0, 0.05) is 33.5 Å². The van der Waals surface area contributed by atoms with Gasteiger partial charge in [-0.2, -0.15) is 0 Å². The maximum atomic E-state index is 2.48. The second kappa shape index (κ2) is 18.7. The molecule has 0 amide bonds. The van der Waals surface area contributed by atoms with Crippen molar-refractivity contribution in [2.75, 3.05) is 9.80 Å². The Labute approximate surface area is 448 Å². The van der Waals surface area contributed by atoms with Crippen LogP contribution in [0.3, 0.4) is 0 Å². The summed E-state index contributed by atoms with van der Waals surface area (Å²) in [4.78, 5) is 4.96. The van der Waals surface area contributed by atoms with E-state index in [2.05, 4.69) is 284 Å². The molecular formula is C74H64N2. The lowest BCUT2D eigenvalue weighted by Crippen LogP contribution is -2.11. The fraction of sp³-hybridized carbons (Fsp3) is 0.162. The standard InChI is InChI=1S/C74H64N2/c1-45(2)49-25-33-55(34-26-49)75(56-35-27-50(28-36-56)46(3)4)65-43-41-63-69-59(65)21-15-23-61(69)71-67(53-17-11-9-12-18-53)74-64-42-44-66(60-22-16-24-62(70(60)64)72(74)68(73(63)71)54-19-13-10-14-20-54)76(57-37-29-51(30-38-57)47(5)6)58-39-31-52(32-40-58)48(7)8/h9-48H,1-8H3. The predicted molar refractivity (Wildman–Crippen MR) is 330 cm³/mol. The Morgan fingerprint density at radius 3 is 0.763 bits per heavy atom. The van der Waals surface area contributed by atoms with Crippen molar-refractivity contribution in [1.29, 1.82) is 0 Å². The van der Waals surface area contributed by atoms with E-state index in [1.807, 2.05) is 0 Å². The number of hydrogen-bond donors (Lipinski definition) is 0. The minimum Gasteiger partial charge on any atom is -0.310 e. The van der Waals surface area contributed by atoms with Crippen molar-refractivity contribution in [3.63, 3.8) is 0 Å². The number of rotatable bonds is 12. The molecule has 0 aliphatic rings. The zero-order chi connectivity index (χ0) is 51.9. The molecule has 13 rings (SSSR count). The van der Waals surface area contributed by atoms with Gasteiger partial charge in [0.1, 0.15) is 0 Å². The van der Waals surface area contributed by atoms with E-state index in [4.69, 9.17) is 0 Å². The molecule has 13 aromatic rings. The van der Waals surface area contributed by atoms with Crippen LogP contribution in [0, 0.1) is 0 Å². The van der Waals surface area contributed by atoms with E-state index in [1.54, 1.807) is 0 Å². The summed E-state index contributed by atoms with van der Waals surface area (Å²) in [5.41, 5.74) is 17.3. The molecule has 2 heteroatoms. The van der Waals surface area contributed by atoms with Crippen molar-refractivity contribution < 1.29 is 0 Å². The van der Waals surface area contributed by atoms with Crippen LogP contribution in [0.15, 0.2) is 218 Å². The lowest BCUT2D eigenvalue weighted by Gasteiger charge is -2.28. The van der Waals surface area contributed by atoms with Crippen LogP contribution in [0.4, 0.5) is 34.1 Å². The van der Waals surface area contributed by atoms with E-state index >= 15 is 0 Å². The Hall–Kier alpha value is -8.46. The summed E-state index contributed by atoms with van der Waals surface area (Å²) in [7, 11) is 0. The minimum atomic E-state index is 0.443. The van der Waals surface area contributed by atoms with Crippen LogP contribution in [-0.4, -0.2) is 0 Å². The highest BCUT2D eigenvalue weighted by molar-refractivity contribution is 6.47. The number of nitrogens with zero attached hydrogens (tertiary/aromatic N) is 2. The monoisotopic (exact) mass is 981 g/mol. The van der Waals surface area contributed by atoms with Gasteiger partial charge in [0.2, 0.25) is 0 Å². The normalized spacial score (nSPS) is 12.2. The van der Waals surface area contributed by atoms with Crippen LogP contribution in [0.25, 0.3) is 86.9 Å². The number of anilines is 6. The Balaban J connectivity index is 1.14. The molecule has 0 aliphatic heterocycles. The van der Waals surface area contributed by atoms with Gasteiger partial charge < -0.3 is 9.80 Å². The third kappa shape index (κ3) is 7.60. The first-order valence-electron chi connectivity index (χ1n) is 27.5. The zero-order valence-electron chi connectivity index (χ0n) is 45.0. The van der Waals surface area contributed by atoms with E-state index in [0.29, 0.717) is 23.7 Å². The van der Waals surface area contributed by atoms with Crippen molar-refractivity contribution in [1.82, 2.24) is 0 Å². The van der Waals surface area contributed by atoms with Crippen LogP contribution in [0.1, 0.15) is 101 Å². The smallest absolute Gasteiger partial charge is 0.0540 e.